The number of carboxylic acids is 1. The number of aliphatic carboxylic acids is 1. The van der Waals surface area contributed by atoms with Crippen molar-refractivity contribution in [3.8, 4) is 11.1 Å². The van der Waals surface area contributed by atoms with Gasteiger partial charge in [-0.05, 0) is 48.4 Å². The Balaban J connectivity index is 1.48. The van der Waals surface area contributed by atoms with Crippen LogP contribution in [0, 0.1) is 6.92 Å². The lowest BCUT2D eigenvalue weighted by Gasteiger charge is -2.36. The average Bonchev–Trinajstić information content (AvgIpc) is 3.40. The molecule has 9 nitrogen and oxygen atoms in total. The third kappa shape index (κ3) is 6.49. The second kappa shape index (κ2) is 12.7. The molecule has 0 aliphatic rings. The van der Waals surface area contributed by atoms with Gasteiger partial charge in [-0.15, -0.1) is 0 Å². The summed E-state index contributed by atoms with van der Waals surface area (Å²) in [5.41, 5.74) is -2.13. The largest absolute Gasteiger partial charge is 0.480 e. The predicted octanol–water partition coefficient (Wildman–Crippen LogP) is 7.64. The van der Waals surface area contributed by atoms with Crippen molar-refractivity contribution in [1.29, 1.82) is 0 Å². The van der Waals surface area contributed by atoms with Crippen LogP contribution >= 0.6 is 34.0 Å². The zero-order valence-electron chi connectivity index (χ0n) is 24.5. The van der Waals surface area contributed by atoms with Gasteiger partial charge in [0.1, 0.15) is 16.6 Å². The van der Waals surface area contributed by atoms with Crippen molar-refractivity contribution in [2.24, 2.45) is 7.05 Å². The maximum atomic E-state index is 13.8. The first-order chi connectivity index (χ1) is 22.0. The number of carboxylic acid groups (broad SMARTS) is 1. The number of nitrogens with zero attached hydrogens (tertiary/aromatic N) is 2. The lowest BCUT2D eigenvalue weighted by molar-refractivity contribution is -0.139. The molecule has 0 aliphatic heterocycles. The fraction of sp³-hybridized carbons (Fsp3) is 0.156. The van der Waals surface area contributed by atoms with Crippen LogP contribution in [0.25, 0.3) is 22.0 Å². The van der Waals surface area contributed by atoms with Crippen LogP contribution in [-0.4, -0.2) is 40.7 Å². The third-order valence-corrected chi connectivity index (χ3v) is 10.4. The molecule has 0 aliphatic carbocycles. The van der Waals surface area contributed by atoms with Gasteiger partial charge in [0.05, 0.1) is 26.7 Å². The van der Waals surface area contributed by atoms with E-state index in [9.17, 15) is 41.8 Å². The summed E-state index contributed by atoms with van der Waals surface area (Å²) in [7, 11) is -2.73. The van der Waals surface area contributed by atoms with E-state index in [-0.39, 0.29) is 43.8 Å². The van der Waals surface area contributed by atoms with E-state index < -0.39 is 51.6 Å². The van der Waals surface area contributed by atoms with Gasteiger partial charge in [0, 0.05) is 24.5 Å². The molecule has 2 heterocycles. The highest BCUT2D eigenvalue weighted by Crippen LogP contribution is 2.57. The highest BCUT2D eigenvalue weighted by atomic mass is 35.5. The van der Waals surface area contributed by atoms with E-state index in [0.29, 0.717) is 10.9 Å². The Morgan fingerprint density at radius 2 is 1.57 bits per heavy atom. The number of alkyl halides is 3. The number of fused-ring (bicyclic) bond motifs is 1. The zero-order valence-corrected chi connectivity index (χ0v) is 26.9. The monoisotopic (exact) mass is 707 g/mol. The lowest BCUT2D eigenvalue weighted by Crippen LogP contribution is -2.43. The number of halogens is 5. The molecular weight excluding hydrogens is 682 g/mol. The SMILES string of the molecule is Cc1cc(C(F)(F)F)c(-c2ccc(C[C@H](NC(=O)c3cc4ccccc4n3S(O)(O)c3c(Cl)cccc3Cl)C(=O)O)cc2)c(=O)n1C. The Morgan fingerprint density at radius 1 is 0.957 bits per heavy atom. The summed E-state index contributed by atoms with van der Waals surface area (Å²) < 4.78 is 66.6. The highest BCUT2D eigenvalue weighted by molar-refractivity contribution is 8.23. The number of hydrogen-bond acceptors (Lipinski definition) is 5. The minimum Gasteiger partial charge on any atom is -0.480 e. The van der Waals surface area contributed by atoms with Crippen LogP contribution < -0.4 is 10.9 Å². The quantitative estimate of drug-likeness (QED) is 0.131. The zero-order chi connectivity index (χ0) is 34.4. The van der Waals surface area contributed by atoms with Crippen LogP contribution in [-0.2, 0) is 24.4 Å². The van der Waals surface area contributed by atoms with Crippen LogP contribution in [0.2, 0.25) is 10.0 Å². The number of rotatable bonds is 8. The number of amides is 1. The summed E-state index contributed by atoms with van der Waals surface area (Å²) in [6, 6.07) is 16.7. The average molecular weight is 709 g/mol. The Morgan fingerprint density at radius 3 is 2.17 bits per heavy atom. The molecule has 0 fully saturated rings. The smallest absolute Gasteiger partial charge is 0.417 e. The van der Waals surface area contributed by atoms with E-state index in [0.717, 1.165) is 14.6 Å². The lowest BCUT2D eigenvalue weighted by atomic mass is 9.97. The number of para-hydroxylation sites is 1. The van der Waals surface area contributed by atoms with Gasteiger partial charge in [-0.25, -0.2) is 8.77 Å². The minimum absolute atomic E-state index is 0.0226. The van der Waals surface area contributed by atoms with Gasteiger partial charge in [0.15, 0.2) is 0 Å². The topological polar surface area (TPSA) is 134 Å². The van der Waals surface area contributed by atoms with Crippen molar-refractivity contribution in [3.63, 3.8) is 0 Å². The van der Waals surface area contributed by atoms with Crippen LogP contribution in [0.1, 0.15) is 27.3 Å². The summed E-state index contributed by atoms with van der Waals surface area (Å²) in [5.74, 6) is -2.40. The Bertz CT molecular complexity index is 2080. The van der Waals surface area contributed by atoms with Gasteiger partial charge >= 0.3 is 12.1 Å². The van der Waals surface area contributed by atoms with Crippen LogP contribution in [0.15, 0.2) is 88.6 Å². The highest BCUT2D eigenvalue weighted by Gasteiger charge is 2.36. The maximum absolute atomic E-state index is 13.8. The van der Waals surface area contributed by atoms with Gasteiger partial charge in [0.25, 0.3) is 11.5 Å². The first-order valence-corrected chi connectivity index (χ1v) is 16.0. The summed E-state index contributed by atoms with van der Waals surface area (Å²) >= 11 is 12.6. The second-order valence-corrected chi connectivity index (χ2v) is 13.3. The second-order valence-electron chi connectivity index (χ2n) is 10.7. The number of aromatic nitrogens is 2. The molecule has 15 heteroatoms. The summed E-state index contributed by atoms with van der Waals surface area (Å²) in [6.07, 6.45) is -5.10. The van der Waals surface area contributed by atoms with E-state index in [1.165, 1.54) is 68.6 Å². The molecule has 2 aromatic heterocycles. The Kier molecular flexibility index (Phi) is 9.23. The van der Waals surface area contributed by atoms with Crippen molar-refractivity contribution in [1.82, 2.24) is 13.9 Å². The Hall–Kier alpha value is -4.27. The van der Waals surface area contributed by atoms with Gasteiger partial charge < -0.3 is 15.0 Å². The predicted molar refractivity (Wildman–Crippen MR) is 174 cm³/mol. The molecule has 1 atom stereocenters. The normalized spacial score (nSPS) is 13.0. The summed E-state index contributed by atoms with van der Waals surface area (Å²) in [5, 5.41) is 12.7. The number of benzene rings is 3. The number of pyridine rings is 1. The Labute approximate surface area is 277 Å². The molecule has 0 saturated heterocycles. The standard InChI is InChI=1S/C32H26Cl2F3N3O6S/c1-17-14-21(32(35,36)37)27(30(42)39(17)2)19-12-10-18(11-13-19)15-24(31(43)44)38-29(41)26-16-20-6-3-4-9-25(20)40(26)47(45,46)28-22(33)7-5-8-23(28)34/h3-14,16,24,45-46H,15H2,1-2H3,(H,38,41)(H,43,44)/t24-/m0/s1. The van der Waals surface area contributed by atoms with E-state index in [1.807, 2.05) is 0 Å². The third-order valence-electron chi connectivity index (χ3n) is 7.61. The van der Waals surface area contributed by atoms with Crippen molar-refractivity contribution in [3.05, 3.63) is 122 Å². The molecule has 3 aromatic carbocycles. The molecule has 5 aromatic rings. The van der Waals surface area contributed by atoms with E-state index >= 15 is 0 Å². The molecule has 246 valence electrons. The van der Waals surface area contributed by atoms with E-state index in [1.54, 1.807) is 18.2 Å². The molecule has 0 saturated carbocycles. The molecule has 0 bridgehead atoms. The maximum Gasteiger partial charge on any atom is 0.417 e. The summed E-state index contributed by atoms with van der Waals surface area (Å²) in [4.78, 5) is 38.5. The molecule has 5 rings (SSSR count). The van der Waals surface area contributed by atoms with Crippen LogP contribution in [0.5, 0.6) is 0 Å². The van der Waals surface area contributed by atoms with E-state index in [2.05, 4.69) is 5.32 Å². The van der Waals surface area contributed by atoms with Gasteiger partial charge in [0.2, 0.25) is 0 Å². The van der Waals surface area contributed by atoms with E-state index in [4.69, 9.17) is 23.2 Å². The van der Waals surface area contributed by atoms with Gasteiger partial charge in [-0.3, -0.25) is 18.7 Å². The fourth-order valence-electron chi connectivity index (χ4n) is 5.20. The number of hydrogen-bond donors (Lipinski definition) is 4. The minimum atomic E-state index is -4.80. The molecule has 0 unspecified atom stereocenters. The number of carbonyl (C=O) groups is 2. The number of nitrogens with one attached hydrogen (secondary N) is 1. The van der Waals surface area contributed by atoms with Gasteiger partial charge in [-0.2, -0.15) is 13.2 Å². The van der Waals surface area contributed by atoms with Crippen molar-refractivity contribution in [2.45, 2.75) is 30.5 Å². The molecule has 47 heavy (non-hydrogen) atoms. The van der Waals surface area contributed by atoms with Crippen molar-refractivity contribution < 1.29 is 37.0 Å². The molecule has 0 spiro atoms. The molecular formula is C32H26Cl2F3N3O6S. The molecule has 4 N–H and O–H groups in total. The fourth-order valence-corrected chi connectivity index (χ4v) is 7.91. The van der Waals surface area contributed by atoms with Crippen LogP contribution in [0.4, 0.5) is 13.2 Å². The van der Waals surface area contributed by atoms with Crippen molar-refractivity contribution >= 4 is 56.8 Å². The summed E-state index contributed by atoms with van der Waals surface area (Å²) in [6.45, 7) is 1.39. The van der Waals surface area contributed by atoms with Gasteiger partial charge in [-0.1, -0.05) is 82.5 Å². The molecule has 1 amide bonds. The number of aryl methyl sites for hydroxylation is 1. The molecule has 0 radical (unpaired) electrons. The van der Waals surface area contributed by atoms with Crippen molar-refractivity contribution in [2.75, 3.05) is 0 Å². The number of carbonyl (C=O) groups excluding carboxylic acids is 1. The first kappa shape index (κ1) is 34.1. The first-order valence-electron chi connectivity index (χ1n) is 13.8. The van der Waals surface area contributed by atoms with Crippen LogP contribution in [0.3, 0.4) is 0 Å².